The summed E-state index contributed by atoms with van der Waals surface area (Å²) in [5.41, 5.74) is 0.798. The number of urea groups is 1. The third-order valence-corrected chi connectivity index (χ3v) is 6.42. The molecule has 1 unspecified atom stereocenters. The lowest BCUT2D eigenvalue weighted by molar-refractivity contribution is -0.130. The first kappa shape index (κ1) is 24.4. The molecule has 2 fully saturated rings. The van der Waals surface area contributed by atoms with Crippen LogP contribution in [0.2, 0.25) is 0 Å². The molecule has 1 atom stereocenters. The number of imide groups is 1. The van der Waals surface area contributed by atoms with Gasteiger partial charge in [-0.3, -0.25) is 14.7 Å². The van der Waals surface area contributed by atoms with Crippen molar-refractivity contribution >= 4 is 41.9 Å². The van der Waals surface area contributed by atoms with Crippen molar-refractivity contribution in [2.24, 2.45) is 4.99 Å². The number of carbonyl (C=O) groups is 2. The van der Waals surface area contributed by atoms with E-state index >= 15 is 0 Å². The average Bonchev–Trinajstić information content (AvgIpc) is 2.92. The predicted molar refractivity (Wildman–Crippen MR) is 130 cm³/mol. The molecule has 0 bridgehead atoms. The van der Waals surface area contributed by atoms with Crippen LogP contribution in [-0.2, 0) is 10.2 Å². The number of hydrogen-bond donors (Lipinski definition) is 3. The van der Waals surface area contributed by atoms with Gasteiger partial charge in [0.2, 0.25) is 0 Å². The Morgan fingerprint density at radius 1 is 1.20 bits per heavy atom. The van der Waals surface area contributed by atoms with E-state index in [0.29, 0.717) is 25.9 Å². The van der Waals surface area contributed by atoms with Crippen LogP contribution >= 0.6 is 24.0 Å². The highest BCUT2D eigenvalue weighted by atomic mass is 127. The molecule has 0 radical (unpaired) electrons. The summed E-state index contributed by atoms with van der Waals surface area (Å²) in [6.07, 6.45) is 4.88. The Kier molecular flexibility index (Phi) is 8.52. The molecule has 1 heterocycles. The maximum atomic E-state index is 12.4. The van der Waals surface area contributed by atoms with Gasteiger partial charge in [0.15, 0.2) is 5.96 Å². The van der Waals surface area contributed by atoms with Crippen LogP contribution in [-0.4, -0.2) is 55.0 Å². The van der Waals surface area contributed by atoms with Crippen LogP contribution in [0.4, 0.5) is 4.79 Å². The summed E-state index contributed by atoms with van der Waals surface area (Å²) >= 11 is 0. The summed E-state index contributed by atoms with van der Waals surface area (Å²) in [6, 6.07) is 10.4. The van der Waals surface area contributed by atoms with Crippen LogP contribution < -0.4 is 16.0 Å². The summed E-state index contributed by atoms with van der Waals surface area (Å²) in [7, 11) is 1.76. The van der Waals surface area contributed by atoms with E-state index in [4.69, 9.17) is 0 Å². The fraction of sp³-hybridized carbons (Fsp3) is 0.591. The van der Waals surface area contributed by atoms with Gasteiger partial charge in [0.25, 0.3) is 5.91 Å². The summed E-state index contributed by atoms with van der Waals surface area (Å²) in [6.45, 7) is 5.57. The lowest BCUT2D eigenvalue weighted by atomic mass is 9.64. The van der Waals surface area contributed by atoms with E-state index in [1.807, 2.05) is 6.92 Å². The number of hydrogen-bond acceptors (Lipinski definition) is 3. The number of nitrogens with zero attached hydrogens (tertiary/aromatic N) is 2. The first-order chi connectivity index (χ1) is 13.9. The predicted octanol–water partition coefficient (Wildman–Crippen LogP) is 3.00. The number of guanidine groups is 1. The van der Waals surface area contributed by atoms with E-state index in [0.717, 1.165) is 12.5 Å². The van der Waals surface area contributed by atoms with Crippen LogP contribution in [0.15, 0.2) is 35.3 Å². The molecule has 1 aromatic carbocycles. The van der Waals surface area contributed by atoms with Gasteiger partial charge in [0.1, 0.15) is 5.54 Å². The first-order valence-electron chi connectivity index (χ1n) is 10.6. The molecular weight excluding hydrogens is 493 g/mol. The molecule has 1 saturated carbocycles. The Bertz CT molecular complexity index is 766. The number of nitrogens with one attached hydrogen (secondary N) is 3. The molecule has 166 valence electrons. The highest BCUT2D eigenvalue weighted by molar-refractivity contribution is 14.0. The summed E-state index contributed by atoms with van der Waals surface area (Å²) in [4.78, 5) is 30.1. The van der Waals surface area contributed by atoms with Gasteiger partial charge in [-0.2, -0.15) is 0 Å². The third-order valence-electron chi connectivity index (χ3n) is 6.42. The average molecular weight is 527 g/mol. The summed E-state index contributed by atoms with van der Waals surface area (Å²) in [5.74, 6) is 0.616. The number of halogens is 1. The minimum Gasteiger partial charge on any atom is -0.356 e. The van der Waals surface area contributed by atoms with E-state index in [2.05, 4.69) is 51.3 Å². The molecule has 1 aliphatic heterocycles. The minimum atomic E-state index is -0.767. The molecule has 0 aromatic heterocycles. The van der Waals surface area contributed by atoms with Crippen molar-refractivity contribution in [1.82, 2.24) is 20.9 Å². The number of benzene rings is 1. The monoisotopic (exact) mass is 527 g/mol. The maximum Gasteiger partial charge on any atom is 0.325 e. The molecular formula is C22H34IN5O2. The highest BCUT2D eigenvalue weighted by Crippen LogP contribution is 2.43. The number of carbonyl (C=O) groups excluding carboxylic acids is 2. The molecule has 8 heteroatoms. The third kappa shape index (κ3) is 5.07. The van der Waals surface area contributed by atoms with Gasteiger partial charge in [0, 0.05) is 32.1 Å². The van der Waals surface area contributed by atoms with E-state index in [1.165, 1.54) is 29.7 Å². The van der Waals surface area contributed by atoms with Crippen LogP contribution in [0.5, 0.6) is 0 Å². The normalized spacial score (nSPS) is 22.8. The first-order valence-corrected chi connectivity index (χ1v) is 10.6. The second-order valence-corrected chi connectivity index (χ2v) is 8.28. The van der Waals surface area contributed by atoms with E-state index in [-0.39, 0.29) is 41.3 Å². The zero-order valence-corrected chi connectivity index (χ0v) is 20.5. The Morgan fingerprint density at radius 2 is 1.90 bits per heavy atom. The van der Waals surface area contributed by atoms with Crippen molar-refractivity contribution in [2.75, 3.05) is 26.7 Å². The van der Waals surface area contributed by atoms with E-state index in [9.17, 15) is 9.59 Å². The van der Waals surface area contributed by atoms with Crippen molar-refractivity contribution in [2.45, 2.75) is 56.9 Å². The molecule has 3 rings (SSSR count). The minimum absolute atomic E-state index is 0. The summed E-state index contributed by atoms with van der Waals surface area (Å²) < 4.78 is 0. The van der Waals surface area contributed by atoms with Crippen molar-refractivity contribution in [3.8, 4) is 0 Å². The van der Waals surface area contributed by atoms with Gasteiger partial charge < -0.3 is 16.0 Å². The summed E-state index contributed by atoms with van der Waals surface area (Å²) in [5, 5.41) is 9.54. The van der Waals surface area contributed by atoms with Gasteiger partial charge in [-0.15, -0.1) is 24.0 Å². The molecule has 30 heavy (non-hydrogen) atoms. The lowest BCUT2D eigenvalue weighted by Crippen LogP contribution is -2.49. The van der Waals surface area contributed by atoms with Gasteiger partial charge >= 0.3 is 6.03 Å². The molecule has 3 amide bonds. The fourth-order valence-corrected chi connectivity index (χ4v) is 4.07. The Morgan fingerprint density at radius 3 is 2.43 bits per heavy atom. The van der Waals surface area contributed by atoms with Crippen LogP contribution in [0.25, 0.3) is 0 Å². The van der Waals surface area contributed by atoms with Crippen molar-refractivity contribution in [1.29, 1.82) is 0 Å². The topological polar surface area (TPSA) is 85.8 Å². The van der Waals surface area contributed by atoms with Crippen LogP contribution in [0.1, 0.15) is 51.5 Å². The Balaban J connectivity index is 0.00000320. The Labute approximate surface area is 196 Å². The lowest BCUT2D eigenvalue weighted by Gasteiger charge is -2.43. The smallest absolute Gasteiger partial charge is 0.325 e. The molecule has 1 saturated heterocycles. The highest BCUT2D eigenvalue weighted by Gasteiger charge is 2.46. The van der Waals surface area contributed by atoms with Gasteiger partial charge in [-0.25, -0.2) is 4.79 Å². The molecule has 1 aromatic rings. The van der Waals surface area contributed by atoms with Crippen molar-refractivity contribution in [3.05, 3.63) is 35.9 Å². The molecule has 3 N–H and O–H groups in total. The molecule has 0 spiro atoms. The number of rotatable bonds is 8. The zero-order chi connectivity index (χ0) is 20.9. The largest absolute Gasteiger partial charge is 0.356 e. The van der Waals surface area contributed by atoms with Gasteiger partial charge in [-0.05, 0) is 38.2 Å². The van der Waals surface area contributed by atoms with Crippen molar-refractivity contribution < 1.29 is 9.59 Å². The molecule has 2 aliphatic rings. The number of amides is 3. The van der Waals surface area contributed by atoms with Crippen LogP contribution in [0.3, 0.4) is 0 Å². The van der Waals surface area contributed by atoms with Crippen LogP contribution in [0, 0.1) is 0 Å². The second-order valence-electron chi connectivity index (χ2n) is 8.28. The SMILES string of the molecule is CCC1(C)NC(=O)N(CCCNC(=NC)NCC2(c3ccccc3)CCC2)C1=O.I. The quantitative estimate of drug-likeness (QED) is 0.160. The standard InChI is InChI=1S/C22H33N5O2.HI/c1-4-21(2)18(28)27(20(29)26-21)15-9-14-24-19(23-3)25-16-22(12-8-13-22)17-10-6-5-7-11-17;/h5-7,10-11H,4,8-9,12-16H2,1-3H3,(H,26,29)(H2,23,24,25);1H. The molecule has 7 nitrogen and oxygen atoms in total. The van der Waals surface area contributed by atoms with Crippen molar-refractivity contribution in [3.63, 3.8) is 0 Å². The van der Waals surface area contributed by atoms with Gasteiger partial charge in [-0.1, -0.05) is 43.7 Å². The number of aliphatic imine (C=N–C) groups is 1. The second kappa shape index (κ2) is 10.5. The molecule has 1 aliphatic carbocycles. The zero-order valence-electron chi connectivity index (χ0n) is 18.2. The fourth-order valence-electron chi connectivity index (χ4n) is 4.07. The maximum absolute atomic E-state index is 12.4. The van der Waals surface area contributed by atoms with Gasteiger partial charge in [0.05, 0.1) is 0 Å². The Hall–Kier alpha value is -1.84. The van der Waals surface area contributed by atoms with E-state index in [1.54, 1.807) is 14.0 Å². The van der Waals surface area contributed by atoms with E-state index < -0.39 is 5.54 Å².